The average molecular weight is 316 g/mol. The summed E-state index contributed by atoms with van der Waals surface area (Å²) in [6.07, 6.45) is 0. The van der Waals surface area contributed by atoms with Crippen LogP contribution in [0.25, 0.3) is 11.0 Å². The van der Waals surface area contributed by atoms with E-state index in [-0.39, 0.29) is 28.5 Å². The molecule has 2 rings (SSSR count). The zero-order valence-corrected chi connectivity index (χ0v) is 11.6. The highest BCUT2D eigenvalue weighted by Gasteiger charge is 2.19. The molecule has 0 aliphatic carbocycles. The molecule has 2 aromatic rings. The second kappa shape index (κ2) is 6.08. The molecule has 1 aromatic carbocycles. The Bertz CT molecular complexity index is 717. The zero-order valence-electron chi connectivity index (χ0n) is 10.8. The standard InChI is InChI=1S/C12H10F2N2O4S/c1-20-10(19)4-16-8-3-6(13)2-7(14)11(8)15-12(16)21-5-9(17)18/h2-3H,4-5H2,1H3,(H,17,18). The maximum atomic E-state index is 13.7. The van der Waals surface area contributed by atoms with Gasteiger partial charge >= 0.3 is 11.9 Å². The number of thioether (sulfide) groups is 1. The number of rotatable bonds is 5. The molecule has 0 amide bonds. The van der Waals surface area contributed by atoms with Crippen LogP contribution in [0.5, 0.6) is 0 Å². The lowest BCUT2D eigenvalue weighted by Gasteiger charge is -2.06. The van der Waals surface area contributed by atoms with Crippen molar-refractivity contribution in [2.75, 3.05) is 12.9 Å². The minimum atomic E-state index is -1.09. The monoisotopic (exact) mass is 316 g/mol. The minimum absolute atomic E-state index is 0.0609. The van der Waals surface area contributed by atoms with Gasteiger partial charge in [0.15, 0.2) is 11.0 Å². The summed E-state index contributed by atoms with van der Waals surface area (Å²) in [7, 11) is 1.17. The van der Waals surface area contributed by atoms with Crippen molar-refractivity contribution in [3.05, 3.63) is 23.8 Å². The third-order valence-corrected chi connectivity index (χ3v) is 3.54. The molecule has 9 heteroatoms. The van der Waals surface area contributed by atoms with E-state index in [1.807, 2.05) is 0 Å². The molecule has 6 nitrogen and oxygen atoms in total. The highest BCUT2D eigenvalue weighted by atomic mass is 32.2. The maximum absolute atomic E-state index is 13.7. The van der Waals surface area contributed by atoms with Crippen molar-refractivity contribution in [1.29, 1.82) is 0 Å². The van der Waals surface area contributed by atoms with Gasteiger partial charge in [0.25, 0.3) is 0 Å². The summed E-state index contributed by atoms with van der Waals surface area (Å²) in [6.45, 7) is -0.322. The van der Waals surface area contributed by atoms with Gasteiger partial charge in [0, 0.05) is 12.1 Å². The molecule has 1 heterocycles. The minimum Gasteiger partial charge on any atom is -0.481 e. The number of hydrogen-bond acceptors (Lipinski definition) is 5. The molecule has 21 heavy (non-hydrogen) atoms. The Morgan fingerprint density at radius 2 is 2.14 bits per heavy atom. The molecule has 1 aromatic heterocycles. The number of carboxylic acid groups (broad SMARTS) is 1. The number of esters is 1. The lowest BCUT2D eigenvalue weighted by Crippen LogP contribution is -2.13. The van der Waals surface area contributed by atoms with E-state index >= 15 is 0 Å². The number of imidazole rings is 1. The third-order valence-electron chi connectivity index (χ3n) is 2.58. The fraction of sp³-hybridized carbons (Fsp3) is 0.250. The molecule has 0 aliphatic rings. The van der Waals surface area contributed by atoms with Gasteiger partial charge in [0.05, 0.1) is 18.4 Å². The molecule has 0 aliphatic heterocycles. The summed E-state index contributed by atoms with van der Waals surface area (Å²) in [6, 6.07) is 1.70. The molecular formula is C12H10F2N2O4S. The summed E-state index contributed by atoms with van der Waals surface area (Å²) in [5.41, 5.74) is -0.0704. The van der Waals surface area contributed by atoms with Gasteiger partial charge in [0.1, 0.15) is 17.9 Å². The second-order valence-electron chi connectivity index (χ2n) is 3.99. The van der Waals surface area contributed by atoms with Crippen molar-refractivity contribution in [3.8, 4) is 0 Å². The predicted molar refractivity (Wildman–Crippen MR) is 70.0 cm³/mol. The summed E-state index contributed by atoms with van der Waals surface area (Å²) < 4.78 is 32.8. The van der Waals surface area contributed by atoms with Crippen molar-refractivity contribution in [3.63, 3.8) is 0 Å². The van der Waals surface area contributed by atoms with E-state index in [1.165, 1.54) is 11.7 Å². The van der Waals surface area contributed by atoms with E-state index in [9.17, 15) is 18.4 Å². The SMILES string of the molecule is COC(=O)Cn1c(SCC(=O)O)nc2c(F)cc(F)cc21. The van der Waals surface area contributed by atoms with Gasteiger partial charge in [-0.3, -0.25) is 9.59 Å². The van der Waals surface area contributed by atoms with Crippen LogP contribution in [0.1, 0.15) is 0 Å². The number of benzene rings is 1. The Balaban J connectivity index is 2.54. The van der Waals surface area contributed by atoms with Gasteiger partial charge in [-0.25, -0.2) is 13.8 Å². The third kappa shape index (κ3) is 3.30. The highest BCUT2D eigenvalue weighted by molar-refractivity contribution is 7.99. The fourth-order valence-electron chi connectivity index (χ4n) is 1.71. The Labute approximate surface area is 121 Å². The summed E-state index contributed by atoms with van der Waals surface area (Å²) >= 11 is 0.803. The quantitative estimate of drug-likeness (QED) is 0.667. The van der Waals surface area contributed by atoms with Crippen molar-refractivity contribution < 1.29 is 28.2 Å². The number of carboxylic acids is 1. The molecular weight excluding hydrogens is 306 g/mol. The van der Waals surface area contributed by atoms with Crippen molar-refractivity contribution in [2.24, 2.45) is 0 Å². The number of halogens is 2. The van der Waals surface area contributed by atoms with Gasteiger partial charge in [-0.2, -0.15) is 0 Å². The second-order valence-corrected chi connectivity index (χ2v) is 4.94. The molecule has 0 bridgehead atoms. The van der Waals surface area contributed by atoms with Crippen LogP contribution in [0.2, 0.25) is 0 Å². The van der Waals surface area contributed by atoms with Crippen LogP contribution in [-0.4, -0.2) is 39.5 Å². The number of carbonyl (C=O) groups excluding carboxylic acids is 1. The van der Waals surface area contributed by atoms with E-state index in [4.69, 9.17) is 5.11 Å². The van der Waals surface area contributed by atoms with E-state index in [1.54, 1.807) is 0 Å². The van der Waals surface area contributed by atoms with Gasteiger partial charge in [-0.1, -0.05) is 11.8 Å². The molecule has 0 atom stereocenters. The van der Waals surface area contributed by atoms with Crippen LogP contribution in [0.15, 0.2) is 17.3 Å². The normalized spacial score (nSPS) is 10.8. The van der Waals surface area contributed by atoms with E-state index in [2.05, 4.69) is 9.72 Å². The zero-order chi connectivity index (χ0) is 15.6. The lowest BCUT2D eigenvalue weighted by molar-refractivity contribution is -0.141. The number of fused-ring (bicyclic) bond motifs is 1. The molecule has 0 fully saturated rings. The molecule has 0 radical (unpaired) electrons. The highest BCUT2D eigenvalue weighted by Crippen LogP contribution is 2.26. The first kappa shape index (κ1) is 15.2. The Kier molecular flexibility index (Phi) is 4.41. The van der Waals surface area contributed by atoms with Gasteiger partial charge in [-0.05, 0) is 0 Å². The smallest absolute Gasteiger partial charge is 0.325 e. The average Bonchev–Trinajstić information content (AvgIpc) is 2.75. The summed E-state index contributed by atoms with van der Waals surface area (Å²) in [5.74, 6) is -3.76. The lowest BCUT2D eigenvalue weighted by atomic mass is 10.3. The topological polar surface area (TPSA) is 81.4 Å². The molecule has 0 saturated carbocycles. The van der Waals surface area contributed by atoms with Crippen LogP contribution >= 0.6 is 11.8 Å². The number of aromatic nitrogens is 2. The summed E-state index contributed by atoms with van der Waals surface area (Å²) in [4.78, 5) is 25.9. The van der Waals surface area contributed by atoms with E-state index in [0.29, 0.717) is 6.07 Å². The van der Waals surface area contributed by atoms with E-state index in [0.717, 1.165) is 17.8 Å². The Hall–Kier alpha value is -2.16. The number of nitrogens with zero attached hydrogens (tertiary/aromatic N) is 2. The Morgan fingerprint density at radius 1 is 1.43 bits per heavy atom. The first-order valence-electron chi connectivity index (χ1n) is 5.69. The van der Waals surface area contributed by atoms with Gasteiger partial charge in [-0.15, -0.1) is 0 Å². The predicted octanol–water partition coefficient (Wildman–Crippen LogP) is 1.66. The Morgan fingerprint density at radius 3 is 2.76 bits per heavy atom. The molecule has 112 valence electrons. The van der Waals surface area contributed by atoms with E-state index < -0.39 is 23.6 Å². The van der Waals surface area contributed by atoms with Crippen molar-refractivity contribution >= 4 is 34.7 Å². The number of carbonyl (C=O) groups is 2. The van der Waals surface area contributed by atoms with Crippen molar-refractivity contribution in [1.82, 2.24) is 9.55 Å². The number of hydrogen-bond donors (Lipinski definition) is 1. The molecule has 0 spiro atoms. The number of methoxy groups -OCH3 is 1. The van der Waals surface area contributed by atoms with Gasteiger partial charge in [0.2, 0.25) is 0 Å². The summed E-state index contributed by atoms with van der Waals surface area (Å²) in [5, 5.41) is 8.78. The fourth-order valence-corrected chi connectivity index (χ4v) is 2.44. The van der Waals surface area contributed by atoms with Crippen molar-refractivity contribution in [2.45, 2.75) is 11.7 Å². The first-order valence-corrected chi connectivity index (χ1v) is 6.67. The molecule has 1 N–H and O–H groups in total. The first-order chi connectivity index (χ1) is 9.92. The number of ether oxygens (including phenoxy) is 1. The molecule has 0 unspecified atom stereocenters. The van der Waals surface area contributed by atoms with Crippen LogP contribution in [0, 0.1) is 11.6 Å². The largest absolute Gasteiger partial charge is 0.481 e. The maximum Gasteiger partial charge on any atom is 0.325 e. The molecule has 0 saturated heterocycles. The van der Waals surface area contributed by atoms with Crippen LogP contribution in [-0.2, 0) is 20.9 Å². The van der Waals surface area contributed by atoms with Crippen LogP contribution < -0.4 is 0 Å². The van der Waals surface area contributed by atoms with Gasteiger partial charge < -0.3 is 14.4 Å². The van der Waals surface area contributed by atoms with Crippen LogP contribution in [0.4, 0.5) is 8.78 Å². The number of aliphatic carboxylic acids is 1. The van der Waals surface area contributed by atoms with Crippen LogP contribution in [0.3, 0.4) is 0 Å².